The van der Waals surface area contributed by atoms with E-state index in [0.717, 1.165) is 14.7 Å². The first kappa shape index (κ1) is 21.0. The van der Waals surface area contributed by atoms with Gasteiger partial charge in [-0.25, -0.2) is 0 Å². The molecule has 1 aliphatic heterocycles. The predicted octanol–water partition coefficient (Wildman–Crippen LogP) is 5.06. The molecule has 0 aromatic heterocycles. The number of halogens is 2. The Balaban J connectivity index is 1.87. The maximum atomic E-state index is 12.4. The number of hydrogen-bond donors (Lipinski definition) is 0. The number of methoxy groups -OCH3 is 1. The van der Waals surface area contributed by atoms with Crippen LogP contribution < -0.4 is 9.47 Å². The summed E-state index contributed by atoms with van der Waals surface area (Å²) < 4.78 is 12.4. The van der Waals surface area contributed by atoms with Crippen molar-refractivity contribution >= 4 is 63.1 Å². The average molecular weight is 529 g/mol. The lowest BCUT2D eigenvalue weighted by molar-refractivity contribution is -0.121. The number of ether oxygens (including phenoxy) is 2. The summed E-state index contributed by atoms with van der Waals surface area (Å²) >= 11 is 9.76. The van der Waals surface area contributed by atoms with Gasteiger partial charge in [0.2, 0.25) is 0 Å². The molecule has 1 saturated heterocycles. The van der Waals surface area contributed by atoms with Crippen molar-refractivity contribution in [2.75, 3.05) is 21.2 Å². The van der Waals surface area contributed by atoms with Crippen LogP contribution in [0.25, 0.3) is 6.08 Å². The molecule has 28 heavy (non-hydrogen) atoms. The van der Waals surface area contributed by atoms with Crippen LogP contribution in [0.15, 0.2) is 46.3 Å². The van der Waals surface area contributed by atoms with E-state index in [1.807, 2.05) is 42.5 Å². The number of carbonyl (C=O) groups is 1. The van der Waals surface area contributed by atoms with E-state index in [0.29, 0.717) is 33.2 Å². The largest absolute Gasteiger partial charge is 0.493 e. The van der Waals surface area contributed by atoms with Gasteiger partial charge in [0.25, 0.3) is 5.91 Å². The third-order valence-corrected chi connectivity index (χ3v) is 6.40. The fourth-order valence-corrected chi connectivity index (χ4v) is 4.53. The lowest BCUT2D eigenvalue weighted by Crippen LogP contribution is -2.23. The molecule has 1 heterocycles. The van der Waals surface area contributed by atoms with Gasteiger partial charge in [0.05, 0.1) is 15.6 Å². The SMILES string of the molecule is CN=C1S/C(=C/c2cc(I)c(OCc3ccccc3Cl)c(OC)c2)C(=O)N1C. The van der Waals surface area contributed by atoms with Crippen LogP contribution in [0.4, 0.5) is 0 Å². The highest BCUT2D eigenvalue weighted by Crippen LogP contribution is 2.37. The summed E-state index contributed by atoms with van der Waals surface area (Å²) in [5.41, 5.74) is 1.75. The molecule has 5 nitrogen and oxygen atoms in total. The van der Waals surface area contributed by atoms with Crippen LogP contribution in [0.5, 0.6) is 11.5 Å². The molecule has 1 fully saturated rings. The molecule has 0 spiro atoms. The zero-order valence-corrected chi connectivity index (χ0v) is 19.3. The zero-order chi connectivity index (χ0) is 20.3. The van der Waals surface area contributed by atoms with E-state index < -0.39 is 0 Å². The molecule has 8 heteroatoms. The van der Waals surface area contributed by atoms with Crippen molar-refractivity contribution in [3.63, 3.8) is 0 Å². The number of aliphatic imine (C=N–C) groups is 1. The summed E-state index contributed by atoms with van der Waals surface area (Å²) in [6.07, 6.45) is 1.84. The Morgan fingerprint density at radius 3 is 2.71 bits per heavy atom. The number of amidine groups is 1. The van der Waals surface area contributed by atoms with Gasteiger partial charge in [-0.15, -0.1) is 0 Å². The molecule has 146 valence electrons. The highest BCUT2D eigenvalue weighted by molar-refractivity contribution is 14.1. The third kappa shape index (κ3) is 4.47. The molecule has 0 unspecified atom stereocenters. The summed E-state index contributed by atoms with van der Waals surface area (Å²) in [6.45, 7) is 0.335. The maximum Gasteiger partial charge on any atom is 0.266 e. The van der Waals surface area contributed by atoms with Crippen LogP contribution >= 0.6 is 46.0 Å². The number of nitrogens with zero attached hydrogens (tertiary/aromatic N) is 2. The second kappa shape index (κ2) is 9.19. The van der Waals surface area contributed by atoms with Crippen molar-refractivity contribution in [3.8, 4) is 11.5 Å². The quantitative estimate of drug-likeness (QED) is 0.402. The molecule has 1 amide bonds. The second-order valence-electron chi connectivity index (χ2n) is 5.90. The number of rotatable bonds is 5. The van der Waals surface area contributed by atoms with E-state index in [1.165, 1.54) is 11.8 Å². The molecule has 1 aliphatic rings. The van der Waals surface area contributed by atoms with Gasteiger partial charge in [-0.3, -0.25) is 14.7 Å². The minimum atomic E-state index is -0.0707. The number of amides is 1. The molecule has 0 atom stereocenters. The Bertz CT molecular complexity index is 978. The fraction of sp³-hybridized carbons (Fsp3) is 0.200. The fourth-order valence-electron chi connectivity index (χ4n) is 2.63. The Morgan fingerprint density at radius 2 is 2.07 bits per heavy atom. The molecule has 0 saturated carbocycles. The minimum absolute atomic E-state index is 0.0707. The monoisotopic (exact) mass is 528 g/mol. The van der Waals surface area contributed by atoms with E-state index in [2.05, 4.69) is 27.6 Å². The van der Waals surface area contributed by atoms with Crippen molar-refractivity contribution < 1.29 is 14.3 Å². The molecule has 2 aromatic carbocycles. The second-order valence-corrected chi connectivity index (χ2v) is 8.47. The summed E-state index contributed by atoms with van der Waals surface area (Å²) in [7, 11) is 4.98. The minimum Gasteiger partial charge on any atom is -0.493 e. The van der Waals surface area contributed by atoms with Gasteiger partial charge in [0, 0.05) is 24.7 Å². The summed E-state index contributed by atoms with van der Waals surface area (Å²) in [4.78, 5) is 18.6. The van der Waals surface area contributed by atoms with Gasteiger partial charge in [0.15, 0.2) is 16.7 Å². The van der Waals surface area contributed by atoms with Gasteiger partial charge >= 0.3 is 0 Å². The van der Waals surface area contributed by atoms with Crippen LogP contribution in [-0.2, 0) is 11.4 Å². The number of carbonyl (C=O) groups excluding carboxylic acids is 1. The first-order valence-corrected chi connectivity index (χ1v) is 10.6. The lowest BCUT2D eigenvalue weighted by atomic mass is 10.1. The van der Waals surface area contributed by atoms with Crippen LogP contribution in [0.2, 0.25) is 5.02 Å². The Morgan fingerprint density at radius 1 is 1.32 bits per heavy atom. The van der Waals surface area contributed by atoms with Crippen molar-refractivity contribution in [2.45, 2.75) is 6.61 Å². The molecule has 2 aromatic rings. The standard InChI is InChI=1S/C20H18ClIN2O3S/c1-23-20-24(2)19(25)17(28-20)10-12-8-15(22)18(16(9-12)26-3)27-11-13-6-4-5-7-14(13)21/h4-10H,11H2,1-3H3/b17-10+,23-20?. The maximum absolute atomic E-state index is 12.4. The summed E-state index contributed by atoms with van der Waals surface area (Å²) in [5, 5.41) is 1.34. The summed E-state index contributed by atoms with van der Waals surface area (Å²) in [6, 6.07) is 11.4. The highest BCUT2D eigenvalue weighted by Gasteiger charge is 2.29. The van der Waals surface area contributed by atoms with E-state index in [-0.39, 0.29) is 5.91 Å². The molecular formula is C20H18ClIN2O3S. The smallest absolute Gasteiger partial charge is 0.266 e. The number of hydrogen-bond acceptors (Lipinski definition) is 5. The highest BCUT2D eigenvalue weighted by atomic mass is 127. The van der Waals surface area contributed by atoms with Crippen LogP contribution in [0, 0.1) is 3.57 Å². The van der Waals surface area contributed by atoms with Crippen LogP contribution in [0.3, 0.4) is 0 Å². The first-order valence-electron chi connectivity index (χ1n) is 8.32. The number of benzene rings is 2. The predicted molar refractivity (Wildman–Crippen MR) is 123 cm³/mol. The molecule has 0 bridgehead atoms. The number of thioether (sulfide) groups is 1. The Labute approximate surface area is 186 Å². The Kier molecular flexibility index (Phi) is 6.90. The van der Waals surface area contributed by atoms with Crippen LogP contribution in [0.1, 0.15) is 11.1 Å². The molecular weight excluding hydrogens is 511 g/mol. The third-order valence-electron chi connectivity index (χ3n) is 4.07. The topological polar surface area (TPSA) is 51.1 Å². The molecule has 3 rings (SSSR count). The van der Waals surface area contributed by atoms with E-state index in [9.17, 15) is 4.79 Å². The van der Waals surface area contributed by atoms with Gasteiger partial charge < -0.3 is 9.47 Å². The van der Waals surface area contributed by atoms with Crippen molar-refractivity contribution in [2.24, 2.45) is 4.99 Å². The number of likely N-dealkylation sites (N-methyl/N-ethyl adjacent to an activating group) is 1. The van der Waals surface area contributed by atoms with E-state index in [1.54, 1.807) is 26.1 Å². The lowest BCUT2D eigenvalue weighted by Gasteiger charge is -2.14. The van der Waals surface area contributed by atoms with Crippen molar-refractivity contribution in [1.82, 2.24) is 4.90 Å². The van der Waals surface area contributed by atoms with Gasteiger partial charge in [-0.2, -0.15) is 0 Å². The Hall–Kier alpha value is -1.71. The van der Waals surface area contributed by atoms with Crippen molar-refractivity contribution in [3.05, 3.63) is 61.0 Å². The first-order chi connectivity index (χ1) is 13.4. The van der Waals surface area contributed by atoms with E-state index >= 15 is 0 Å². The van der Waals surface area contributed by atoms with Gasteiger partial charge in [-0.05, 0) is 64.2 Å². The van der Waals surface area contributed by atoms with Crippen LogP contribution in [-0.4, -0.2) is 37.2 Å². The zero-order valence-electron chi connectivity index (χ0n) is 15.5. The average Bonchev–Trinajstić information content (AvgIpc) is 2.95. The molecule has 0 radical (unpaired) electrons. The normalized spacial score (nSPS) is 16.9. The van der Waals surface area contributed by atoms with Gasteiger partial charge in [0.1, 0.15) is 6.61 Å². The summed E-state index contributed by atoms with van der Waals surface area (Å²) in [5.74, 6) is 1.17. The molecule has 0 aliphatic carbocycles. The molecule has 0 N–H and O–H groups in total. The van der Waals surface area contributed by atoms with Crippen molar-refractivity contribution in [1.29, 1.82) is 0 Å². The van der Waals surface area contributed by atoms with E-state index in [4.69, 9.17) is 21.1 Å². The van der Waals surface area contributed by atoms with Gasteiger partial charge in [-0.1, -0.05) is 29.8 Å².